The molecule has 0 atom stereocenters. The second-order valence-corrected chi connectivity index (χ2v) is 6.72. The number of thiazole rings is 1. The summed E-state index contributed by atoms with van der Waals surface area (Å²) in [6, 6.07) is 0. The number of halogens is 1. The largest absolute Gasteiger partial charge is 0.357 e. The fraction of sp³-hybridized carbons (Fsp3) is 0.667. The molecule has 1 rings (SSSR count). The van der Waals surface area contributed by atoms with Gasteiger partial charge in [0, 0.05) is 44.2 Å². The van der Waals surface area contributed by atoms with Crippen LogP contribution in [0.5, 0.6) is 0 Å². The maximum Gasteiger partial charge on any atom is 0.193 e. The molecule has 1 heterocycles. The molecule has 24 heavy (non-hydrogen) atoms. The summed E-state index contributed by atoms with van der Waals surface area (Å²) >= 11 is 1.75. The lowest BCUT2D eigenvalue weighted by molar-refractivity contribution is 0.455. The smallest absolute Gasteiger partial charge is 0.193 e. The third-order valence-corrected chi connectivity index (χ3v) is 4.60. The fourth-order valence-electron chi connectivity index (χ4n) is 2.32. The Morgan fingerprint density at radius 1 is 1.38 bits per heavy atom. The Bertz CT molecular complexity index is 473. The number of aromatic nitrogens is 1. The first-order valence-electron chi connectivity index (χ1n) is 8.68. The van der Waals surface area contributed by atoms with Crippen LogP contribution in [0.1, 0.15) is 49.7 Å². The van der Waals surface area contributed by atoms with Crippen LogP contribution in [0.2, 0.25) is 0 Å². The molecule has 0 unspecified atom stereocenters. The molecule has 0 bridgehead atoms. The molecule has 0 aromatic carbocycles. The standard InChI is InChI=1S/C18H32N4S.HI/c1-5-7-8-9-10-14-22(4)18(19-6-2)20-13-11-12-17-21-16(3)15-23-17;/h5,15H,1,6-14H2,2-4H3,(H,19,20);1H. The Morgan fingerprint density at radius 3 is 2.79 bits per heavy atom. The maximum absolute atomic E-state index is 4.74. The summed E-state index contributed by atoms with van der Waals surface area (Å²) in [5.74, 6) is 1.02. The molecule has 138 valence electrons. The van der Waals surface area contributed by atoms with Gasteiger partial charge in [-0.15, -0.1) is 41.9 Å². The highest BCUT2D eigenvalue weighted by atomic mass is 127. The van der Waals surface area contributed by atoms with E-state index in [1.54, 1.807) is 11.3 Å². The number of unbranched alkanes of at least 4 members (excludes halogenated alkanes) is 3. The fourth-order valence-corrected chi connectivity index (χ4v) is 3.14. The second-order valence-electron chi connectivity index (χ2n) is 5.78. The van der Waals surface area contributed by atoms with Crippen LogP contribution in [0.25, 0.3) is 0 Å². The molecular formula is C18H33IN4S. The maximum atomic E-state index is 4.74. The van der Waals surface area contributed by atoms with Crippen LogP contribution in [0.4, 0.5) is 0 Å². The van der Waals surface area contributed by atoms with Crippen LogP contribution in [0, 0.1) is 6.92 Å². The normalized spacial score (nSPS) is 11.0. The molecule has 0 spiro atoms. The van der Waals surface area contributed by atoms with E-state index in [1.807, 2.05) is 13.0 Å². The van der Waals surface area contributed by atoms with Crippen LogP contribution in [-0.2, 0) is 6.42 Å². The lowest BCUT2D eigenvalue weighted by atomic mass is 10.2. The van der Waals surface area contributed by atoms with Crippen molar-refractivity contribution in [2.45, 2.75) is 52.4 Å². The molecule has 0 saturated carbocycles. The van der Waals surface area contributed by atoms with Gasteiger partial charge in [-0.3, -0.25) is 4.99 Å². The van der Waals surface area contributed by atoms with Gasteiger partial charge in [-0.2, -0.15) is 0 Å². The van der Waals surface area contributed by atoms with Gasteiger partial charge in [-0.25, -0.2) is 4.98 Å². The van der Waals surface area contributed by atoms with E-state index in [1.165, 1.54) is 24.3 Å². The molecule has 1 aromatic rings. The summed E-state index contributed by atoms with van der Waals surface area (Å²) < 4.78 is 0. The Morgan fingerprint density at radius 2 is 2.17 bits per heavy atom. The first-order valence-corrected chi connectivity index (χ1v) is 9.56. The minimum absolute atomic E-state index is 0. The van der Waals surface area contributed by atoms with E-state index >= 15 is 0 Å². The average molecular weight is 464 g/mol. The van der Waals surface area contributed by atoms with Crippen molar-refractivity contribution in [3.63, 3.8) is 0 Å². The predicted molar refractivity (Wildman–Crippen MR) is 118 cm³/mol. The van der Waals surface area contributed by atoms with Crippen LogP contribution in [0.3, 0.4) is 0 Å². The van der Waals surface area contributed by atoms with E-state index in [4.69, 9.17) is 4.99 Å². The van der Waals surface area contributed by atoms with Crippen molar-refractivity contribution in [3.05, 3.63) is 28.7 Å². The van der Waals surface area contributed by atoms with Crippen molar-refractivity contribution in [2.24, 2.45) is 4.99 Å². The number of nitrogens with one attached hydrogen (secondary N) is 1. The molecule has 0 fully saturated rings. The number of nitrogens with zero attached hydrogens (tertiary/aromatic N) is 3. The van der Waals surface area contributed by atoms with Crippen LogP contribution in [-0.4, -0.2) is 42.5 Å². The van der Waals surface area contributed by atoms with Gasteiger partial charge in [-0.05, 0) is 39.5 Å². The summed E-state index contributed by atoms with van der Waals surface area (Å²) in [5.41, 5.74) is 1.12. The molecular weight excluding hydrogens is 431 g/mol. The quantitative estimate of drug-likeness (QED) is 0.171. The number of guanidine groups is 1. The summed E-state index contributed by atoms with van der Waals surface area (Å²) in [6.45, 7) is 10.7. The van der Waals surface area contributed by atoms with Gasteiger partial charge in [0.05, 0.1) is 5.01 Å². The highest BCUT2D eigenvalue weighted by molar-refractivity contribution is 14.0. The van der Waals surface area contributed by atoms with Gasteiger partial charge in [0.2, 0.25) is 0 Å². The molecule has 0 aliphatic heterocycles. The van der Waals surface area contributed by atoms with Crippen LogP contribution >= 0.6 is 35.3 Å². The van der Waals surface area contributed by atoms with Gasteiger partial charge in [0.25, 0.3) is 0 Å². The zero-order chi connectivity index (χ0) is 16.9. The number of allylic oxidation sites excluding steroid dienone is 1. The van der Waals surface area contributed by atoms with E-state index in [9.17, 15) is 0 Å². The summed E-state index contributed by atoms with van der Waals surface area (Å²) in [5, 5.41) is 6.72. The SMILES string of the molecule is C=CCCCCCN(C)C(=NCCCc1nc(C)cs1)NCC.I. The van der Waals surface area contributed by atoms with Gasteiger partial charge in [0.1, 0.15) is 0 Å². The van der Waals surface area contributed by atoms with E-state index in [0.29, 0.717) is 0 Å². The minimum Gasteiger partial charge on any atom is -0.357 e. The van der Waals surface area contributed by atoms with Gasteiger partial charge >= 0.3 is 0 Å². The number of rotatable bonds is 11. The molecule has 0 saturated heterocycles. The molecule has 1 aromatic heterocycles. The number of aliphatic imine (C=N–C) groups is 1. The summed E-state index contributed by atoms with van der Waals surface area (Å²) in [4.78, 5) is 11.5. The first-order chi connectivity index (χ1) is 11.2. The van der Waals surface area contributed by atoms with Gasteiger partial charge in [-0.1, -0.05) is 12.5 Å². The van der Waals surface area contributed by atoms with Crippen molar-refractivity contribution in [1.29, 1.82) is 0 Å². The molecule has 0 radical (unpaired) electrons. The Kier molecular flexibility index (Phi) is 14.3. The van der Waals surface area contributed by atoms with Crippen molar-refractivity contribution in [3.8, 4) is 0 Å². The molecule has 0 aliphatic carbocycles. The molecule has 0 aliphatic rings. The zero-order valence-electron chi connectivity index (χ0n) is 15.4. The van der Waals surface area contributed by atoms with E-state index in [0.717, 1.165) is 50.6 Å². The molecule has 0 amide bonds. The predicted octanol–water partition coefficient (Wildman–Crippen LogP) is 4.65. The Labute approximate surface area is 168 Å². The van der Waals surface area contributed by atoms with E-state index in [-0.39, 0.29) is 24.0 Å². The van der Waals surface area contributed by atoms with Crippen molar-refractivity contribution >= 4 is 41.3 Å². The topological polar surface area (TPSA) is 40.5 Å². The van der Waals surface area contributed by atoms with Crippen LogP contribution in [0.15, 0.2) is 23.0 Å². The Balaban J connectivity index is 0.00000529. The number of hydrogen-bond donors (Lipinski definition) is 1. The molecule has 4 nitrogen and oxygen atoms in total. The highest BCUT2D eigenvalue weighted by Gasteiger charge is 2.05. The molecule has 6 heteroatoms. The first kappa shape index (κ1) is 23.4. The van der Waals surface area contributed by atoms with Gasteiger partial charge < -0.3 is 10.2 Å². The van der Waals surface area contributed by atoms with Gasteiger partial charge in [0.15, 0.2) is 5.96 Å². The van der Waals surface area contributed by atoms with Crippen molar-refractivity contribution in [2.75, 3.05) is 26.7 Å². The van der Waals surface area contributed by atoms with Crippen LogP contribution < -0.4 is 5.32 Å². The zero-order valence-corrected chi connectivity index (χ0v) is 18.5. The minimum atomic E-state index is 0. The highest BCUT2D eigenvalue weighted by Crippen LogP contribution is 2.10. The molecule has 1 N–H and O–H groups in total. The Hall–Kier alpha value is -0.630. The lowest BCUT2D eigenvalue weighted by Gasteiger charge is -2.22. The monoisotopic (exact) mass is 464 g/mol. The number of aryl methyl sites for hydroxylation is 2. The van der Waals surface area contributed by atoms with E-state index < -0.39 is 0 Å². The third-order valence-electron chi connectivity index (χ3n) is 3.58. The van der Waals surface area contributed by atoms with E-state index in [2.05, 4.69) is 41.1 Å². The lowest BCUT2D eigenvalue weighted by Crippen LogP contribution is -2.39. The second kappa shape index (κ2) is 14.7. The third kappa shape index (κ3) is 10.3. The van der Waals surface area contributed by atoms with Crippen molar-refractivity contribution in [1.82, 2.24) is 15.2 Å². The van der Waals surface area contributed by atoms with Crippen molar-refractivity contribution < 1.29 is 0 Å². The summed E-state index contributed by atoms with van der Waals surface area (Å²) in [6.07, 6.45) is 8.87. The summed E-state index contributed by atoms with van der Waals surface area (Å²) in [7, 11) is 2.12. The number of hydrogen-bond acceptors (Lipinski definition) is 3. The average Bonchev–Trinajstić information content (AvgIpc) is 2.95.